The third-order valence-electron chi connectivity index (χ3n) is 2.61. The van der Waals surface area contributed by atoms with E-state index in [0.717, 1.165) is 0 Å². The van der Waals surface area contributed by atoms with E-state index >= 15 is 0 Å². The Kier molecular flexibility index (Phi) is 3.44. The number of anilines is 1. The molecule has 3 rings (SSSR count). The van der Waals surface area contributed by atoms with Gasteiger partial charge in [0.1, 0.15) is 21.5 Å². The van der Waals surface area contributed by atoms with Gasteiger partial charge in [-0.15, -0.1) is 0 Å². The van der Waals surface area contributed by atoms with E-state index in [1.807, 2.05) is 0 Å². The van der Waals surface area contributed by atoms with E-state index in [-0.39, 0.29) is 21.2 Å². The van der Waals surface area contributed by atoms with Gasteiger partial charge in [0.2, 0.25) is 5.28 Å². The quantitative estimate of drug-likeness (QED) is 0.561. The van der Waals surface area contributed by atoms with Crippen molar-refractivity contribution >= 4 is 50.1 Å². The summed E-state index contributed by atoms with van der Waals surface area (Å²) in [7, 11) is -3.86. The minimum atomic E-state index is -3.86. The van der Waals surface area contributed by atoms with Crippen LogP contribution in [0, 0.1) is 0 Å². The molecular weight excluding hydrogens is 337 g/mol. The lowest BCUT2D eigenvalue weighted by Gasteiger charge is -2.06. The molecule has 0 aliphatic rings. The summed E-state index contributed by atoms with van der Waals surface area (Å²) < 4.78 is 27.1. The topological polar surface area (TPSA) is 101 Å². The highest BCUT2D eigenvalue weighted by atomic mass is 35.5. The first kappa shape index (κ1) is 14.1. The largest absolute Gasteiger partial charge is 0.345 e. The van der Waals surface area contributed by atoms with E-state index < -0.39 is 10.0 Å². The fourth-order valence-corrected chi connectivity index (χ4v) is 3.35. The van der Waals surface area contributed by atoms with Gasteiger partial charge >= 0.3 is 0 Å². The van der Waals surface area contributed by atoms with Gasteiger partial charge < -0.3 is 4.98 Å². The number of nitrogens with one attached hydrogen (secondary N) is 2. The maximum absolute atomic E-state index is 12.4. The predicted molar refractivity (Wildman–Crippen MR) is 79.0 cm³/mol. The number of hydrogen-bond acceptors (Lipinski definition) is 5. The molecule has 7 nitrogen and oxygen atoms in total. The molecule has 3 heterocycles. The van der Waals surface area contributed by atoms with Gasteiger partial charge in [-0.25, -0.2) is 18.4 Å². The molecular formula is C11H7Cl2N5O2S. The number of sulfonamides is 1. The van der Waals surface area contributed by atoms with Gasteiger partial charge in [-0.1, -0.05) is 11.6 Å². The van der Waals surface area contributed by atoms with Crippen LogP contribution in [0.15, 0.2) is 35.5 Å². The molecule has 10 heteroatoms. The van der Waals surface area contributed by atoms with Crippen molar-refractivity contribution in [2.45, 2.75) is 4.90 Å². The molecule has 0 saturated heterocycles. The minimum absolute atomic E-state index is 0.0155. The second-order valence-electron chi connectivity index (χ2n) is 4.00. The summed E-state index contributed by atoms with van der Waals surface area (Å²) in [6.07, 6.45) is 2.91. The van der Waals surface area contributed by atoms with Crippen LogP contribution in [0.3, 0.4) is 0 Å². The summed E-state index contributed by atoms with van der Waals surface area (Å²) in [6, 6.07) is 4.55. The second-order valence-corrected chi connectivity index (χ2v) is 6.38. The lowest BCUT2D eigenvalue weighted by atomic mass is 10.3. The van der Waals surface area contributed by atoms with E-state index in [2.05, 4.69) is 24.7 Å². The number of pyridine rings is 1. The number of nitrogens with zero attached hydrogens (tertiary/aromatic N) is 3. The SMILES string of the molecule is O=S(=O)(Nc1cc(Cl)nc(Cl)n1)c1c[nH]c2ncccc12. The van der Waals surface area contributed by atoms with Crippen molar-refractivity contribution in [3.63, 3.8) is 0 Å². The molecule has 3 aromatic heterocycles. The molecule has 0 bridgehead atoms. The van der Waals surface area contributed by atoms with Gasteiger partial charge in [0.05, 0.1) is 0 Å². The third-order valence-corrected chi connectivity index (χ3v) is 4.37. The molecule has 0 atom stereocenters. The molecule has 0 unspecified atom stereocenters. The summed E-state index contributed by atoms with van der Waals surface area (Å²) in [4.78, 5) is 14.3. The Morgan fingerprint density at radius 1 is 1.24 bits per heavy atom. The normalized spacial score (nSPS) is 11.7. The Bertz CT molecular complexity index is 905. The number of rotatable bonds is 3. The summed E-state index contributed by atoms with van der Waals surface area (Å²) in [5, 5.41) is 0.352. The third kappa shape index (κ3) is 2.78. The van der Waals surface area contributed by atoms with Crippen LogP contribution in [-0.4, -0.2) is 28.4 Å². The monoisotopic (exact) mass is 343 g/mol. The number of aromatic amines is 1. The summed E-state index contributed by atoms with van der Waals surface area (Å²) >= 11 is 11.4. The molecule has 3 aromatic rings. The second kappa shape index (κ2) is 5.14. The van der Waals surface area contributed by atoms with Crippen molar-refractivity contribution in [3.05, 3.63) is 41.0 Å². The predicted octanol–water partition coefficient (Wildman–Crippen LogP) is 2.46. The molecule has 21 heavy (non-hydrogen) atoms. The molecule has 0 amide bonds. The minimum Gasteiger partial charge on any atom is -0.345 e. The Labute approximate surface area is 129 Å². The lowest BCUT2D eigenvalue weighted by Crippen LogP contribution is -2.13. The molecule has 0 saturated carbocycles. The Balaban J connectivity index is 2.04. The zero-order valence-corrected chi connectivity index (χ0v) is 12.5. The van der Waals surface area contributed by atoms with Crippen molar-refractivity contribution in [1.82, 2.24) is 19.9 Å². The number of H-pyrrole nitrogens is 1. The Morgan fingerprint density at radius 2 is 2.05 bits per heavy atom. The molecule has 0 aliphatic heterocycles. The van der Waals surface area contributed by atoms with Gasteiger partial charge in [0, 0.05) is 23.8 Å². The van der Waals surface area contributed by atoms with Crippen molar-refractivity contribution in [2.24, 2.45) is 0 Å². The Hall–Kier alpha value is -1.90. The first-order chi connectivity index (χ1) is 9.95. The van der Waals surface area contributed by atoms with Crippen LogP contribution in [0.25, 0.3) is 11.0 Å². The highest BCUT2D eigenvalue weighted by Crippen LogP contribution is 2.24. The van der Waals surface area contributed by atoms with Gasteiger partial charge in [-0.2, -0.15) is 4.98 Å². The number of aromatic nitrogens is 4. The van der Waals surface area contributed by atoms with Gasteiger partial charge in [0.25, 0.3) is 10.0 Å². The van der Waals surface area contributed by atoms with Gasteiger partial charge in [-0.3, -0.25) is 4.72 Å². The van der Waals surface area contributed by atoms with E-state index in [0.29, 0.717) is 11.0 Å². The smallest absolute Gasteiger partial charge is 0.265 e. The standard InChI is InChI=1S/C11H7Cl2N5O2S/c12-8-4-9(17-11(13)16-8)18-21(19,20)7-5-15-10-6(7)2-1-3-14-10/h1-5H,(H,14,15)(H,16,17,18). The van der Waals surface area contributed by atoms with E-state index in [1.54, 1.807) is 18.3 Å². The molecule has 2 N–H and O–H groups in total. The maximum atomic E-state index is 12.4. The van der Waals surface area contributed by atoms with E-state index in [4.69, 9.17) is 23.2 Å². The molecule has 0 aromatic carbocycles. The van der Waals surface area contributed by atoms with Gasteiger partial charge in [0.15, 0.2) is 0 Å². The van der Waals surface area contributed by atoms with E-state index in [1.165, 1.54) is 12.3 Å². The van der Waals surface area contributed by atoms with Crippen LogP contribution >= 0.6 is 23.2 Å². The van der Waals surface area contributed by atoms with Gasteiger partial charge in [-0.05, 0) is 23.7 Å². The number of hydrogen-bond donors (Lipinski definition) is 2. The molecule has 0 spiro atoms. The summed E-state index contributed by atoms with van der Waals surface area (Å²) in [5.41, 5.74) is 0.469. The van der Waals surface area contributed by atoms with Crippen LogP contribution in [0.1, 0.15) is 0 Å². The lowest BCUT2D eigenvalue weighted by molar-refractivity contribution is 0.602. The van der Waals surface area contributed by atoms with E-state index in [9.17, 15) is 8.42 Å². The van der Waals surface area contributed by atoms with Crippen molar-refractivity contribution in [3.8, 4) is 0 Å². The highest BCUT2D eigenvalue weighted by Gasteiger charge is 2.20. The summed E-state index contributed by atoms with van der Waals surface area (Å²) in [5.74, 6) is -0.0155. The van der Waals surface area contributed by atoms with Crippen LogP contribution in [-0.2, 0) is 10.0 Å². The van der Waals surface area contributed by atoms with Crippen molar-refractivity contribution < 1.29 is 8.42 Å². The summed E-state index contributed by atoms with van der Waals surface area (Å²) in [6.45, 7) is 0. The first-order valence-electron chi connectivity index (χ1n) is 5.61. The van der Waals surface area contributed by atoms with Crippen molar-refractivity contribution in [1.29, 1.82) is 0 Å². The zero-order valence-electron chi connectivity index (χ0n) is 10.2. The molecule has 108 valence electrons. The van der Waals surface area contributed by atoms with Crippen LogP contribution in [0.2, 0.25) is 10.4 Å². The van der Waals surface area contributed by atoms with Crippen LogP contribution in [0.5, 0.6) is 0 Å². The first-order valence-corrected chi connectivity index (χ1v) is 7.84. The van der Waals surface area contributed by atoms with Crippen LogP contribution < -0.4 is 4.72 Å². The molecule has 0 radical (unpaired) electrons. The Morgan fingerprint density at radius 3 is 2.81 bits per heavy atom. The maximum Gasteiger partial charge on any atom is 0.265 e. The van der Waals surface area contributed by atoms with Crippen LogP contribution in [0.4, 0.5) is 5.82 Å². The number of fused-ring (bicyclic) bond motifs is 1. The average Bonchev–Trinajstić information content (AvgIpc) is 2.81. The fraction of sp³-hybridized carbons (Fsp3) is 0. The zero-order chi connectivity index (χ0) is 15.0. The van der Waals surface area contributed by atoms with Crippen molar-refractivity contribution in [2.75, 3.05) is 4.72 Å². The molecule has 0 aliphatic carbocycles. The molecule has 0 fully saturated rings. The average molecular weight is 344 g/mol. The number of halogens is 2. The highest BCUT2D eigenvalue weighted by molar-refractivity contribution is 7.93. The fourth-order valence-electron chi connectivity index (χ4n) is 1.79.